The highest BCUT2D eigenvalue weighted by Crippen LogP contribution is 2.18. The summed E-state index contributed by atoms with van der Waals surface area (Å²) in [7, 11) is -3.85. The molecule has 0 fully saturated rings. The molecule has 3 rings (SSSR count). The predicted molar refractivity (Wildman–Crippen MR) is 188 cm³/mol. The molecule has 0 bridgehead atoms. The number of hydrogen-bond donors (Lipinski definition) is 4. The molecule has 3 atom stereocenters. The van der Waals surface area contributed by atoms with Crippen molar-refractivity contribution < 1.29 is 31.5 Å². The van der Waals surface area contributed by atoms with Gasteiger partial charge in [0.05, 0.1) is 11.0 Å². The zero-order valence-electron chi connectivity index (χ0n) is 28.6. The minimum absolute atomic E-state index is 0.0390. The lowest BCUT2D eigenvalue weighted by molar-refractivity contribution is -0.151. The number of nitrogens with one attached hydrogen (secondary N) is 3. The molecular weight excluding hydrogens is 650 g/mol. The summed E-state index contributed by atoms with van der Waals surface area (Å²) in [6.45, 7) is 6.44. The molecule has 0 saturated heterocycles. The van der Waals surface area contributed by atoms with Crippen molar-refractivity contribution in [3.63, 3.8) is 0 Å². The van der Waals surface area contributed by atoms with Gasteiger partial charge in [-0.15, -0.1) is 0 Å². The number of sulfone groups is 1. The second-order valence-electron chi connectivity index (χ2n) is 12.3. The SMILES string of the molecule is CCCC(CCC)S(=O)(=O)CC(NC(=O)NCc1ccccc1)C(=O)O[C@H](CNCc1cccc(CC)c1)[C@@H](N)Cc1cc(F)cc(F)c1. The number of aryl methyl sites for hydroxylation is 1. The molecule has 9 nitrogen and oxygen atoms in total. The van der Waals surface area contributed by atoms with Gasteiger partial charge in [0.2, 0.25) is 0 Å². The van der Waals surface area contributed by atoms with Gasteiger partial charge in [-0.3, -0.25) is 0 Å². The summed E-state index contributed by atoms with van der Waals surface area (Å²) in [5, 5.41) is 7.75. The van der Waals surface area contributed by atoms with Crippen LogP contribution in [-0.2, 0) is 45.3 Å². The van der Waals surface area contributed by atoms with Gasteiger partial charge in [-0.1, -0.05) is 88.2 Å². The van der Waals surface area contributed by atoms with Crippen LogP contribution in [-0.4, -0.2) is 56.2 Å². The molecule has 3 aromatic carbocycles. The van der Waals surface area contributed by atoms with E-state index in [1.807, 2.05) is 68.4 Å². The molecule has 0 aliphatic carbocycles. The van der Waals surface area contributed by atoms with E-state index in [9.17, 15) is 26.8 Å². The Kier molecular flexibility index (Phi) is 16.1. The first-order valence-electron chi connectivity index (χ1n) is 16.9. The van der Waals surface area contributed by atoms with Crippen LogP contribution in [0.5, 0.6) is 0 Å². The van der Waals surface area contributed by atoms with Gasteiger partial charge in [0.25, 0.3) is 0 Å². The van der Waals surface area contributed by atoms with E-state index < -0.39 is 62.7 Å². The Labute approximate surface area is 289 Å². The van der Waals surface area contributed by atoms with E-state index >= 15 is 0 Å². The molecular formula is C37H50F2N4O5S. The fourth-order valence-electron chi connectivity index (χ4n) is 5.63. The number of amides is 2. The minimum atomic E-state index is -3.85. The van der Waals surface area contributed by atoms with Crippen molar-refractivity contribution in [3.8, 4) is 0 Å². The average Bonchev–Trinajstić information content (AvgIpc) is 3.06. The Bertz CT molecular complexity index is 1570. The monoisotopic (exact) mass is 700 g/mol. The zero-order chi connectivity index (χ0) is 35.8. The number of hydrogen-bond acceptors (Lipinski definition) is 7. The van der Waals surface area contributed by atoms with Crippen LogP contribution in [0.1, 0.15) is 68.7 Å². The van der Waals surface area contributed by atoms with Gasteiger partial charge in [-0.25, -0.2) is 26.8 Å². The van der Waals surface area contributed by atoms with Crippen molar-refractivity contribution in [2.45, 2.75) is 95.8 Å². The molecule has 0 aliphatic rings. The van der Waals surface area contributed by atoms with E-state index in [1.165, 1.54) is 0 Å². The first-order valence-corrected chi connectivity index (χ1v) is 18.6. The molecule has 268 valence electrons. The maximum absolute atomic E-state index is 14.0. The van der Waals surface area contributed by atoms with Crippen molar-refractivity contribution in [3.05, 3.63) is 107 Å². The van der Waals surface area contributed by atoms with Gasteiger partial charge in [0, 0.05) is 31.7 Å². The van der Waals surface area contributed by atoms with Crippen molar-refractivity contribution >= 4 is 21.8 Å². The number of nitrogens with two attached hydrogens (primary N) is 1. The molecule has 0 radical (unpaired) electrons. The van der Waals surface area contributed by atoms with Crippen LogP contribution >= 0.6 is 0 Å². The number of esters is 1. The normalized spacial score (nSPS) is 13.4. The highest BCUT2D eigenvalue weighted by molar-refractivity contribution is 7.92. The largest absolute Gasteiger partial charge is 0.458 e. The van der Waals surface area contributed by atoms with Crippen LogP contribution < -0.4 is 21.7 Å². The quantitative estimate of drug-likeness (QED) is 0.117. The van der Waals surface area contributed by atoms with Crippen LogP contribution in [0.3, 0.4) is 0 Å². The topological polar surface area (TPSA) is 140 Å². The minimum Gasteiger partial charge on any atom is -0.458 e. The van der Waals surface area contributed by atoms with Gasteiger partial charge >= 0.3 is 12.0 Å². The number of benzene rings is 3. The molecule has 0 saturated carbocycles. The van der Waals surface area contributed by atoms with Crippen LogP contribution in [0.25, 0.3) is 0 Å². The fourth-order valence-corrected chi connectivity index (χ4v) is 7.78. The molecule has 1 unspecified atom stereocenters. The fraction of sp³-hybridized carbons (Fsp3) is 0.459. The van der Waals surface area contributed by atoms with Gasteiger partial charge in [0.1, 0.15) is 23.8 Å². The lowest BCUT2D eigenvalue weighted by Gasteiger charge is -2.28. The van der Waals surface area contributed by atoms with E-state index in [4.69, 9.17) is 10.5 Å². The summed E-state index contributed by atoms with van der Waals surface area (Å²) in [6, 6.07) is 16.9. The summed E-state index contributed by atoms with van der Waals surface area (Å²) in [6.07, 6.45) is 1.87. The van der Waals surface area contributed by atoms with E-state index in [1.54, 1.807) is 0 Å². The van der Waals surface area contributed by atoms with Crippen molar-refractivity contribution in [1.82, 2.24) is 16.0 Å². The van der Waals surface area contributed by atoms with Crippen molar-refractivity contribution in [2.24, 2.45) is 5.73 Å². The molecule has 12 heteroatoms. The molecule has 0 aliphatic heterocycles. The number of carbonyl (C=O) groups is 2. The average molecular weight is 701 g/mol. The number of carbonyl (C=O) groups excluding carboxylic acids is 2. The second kappa shape index (κ2) is 20.0. The third-order valence-corrected chi connectivity index (χ3v) is 10.5. The maximum Gasteiger partial charge on any atom is 0.330 e. The van der Waals surface area contributed by atoms with Gasteiger partial charge in [-0.2, -0.15) is 0 Å². The van der Waals surface area contributed by atoms with E-state index in [0.29, 0.717) is 32.2 Å². The van der Waals surface area contributed by atoms with E-state index in [0.717, 1.165) is 41.3 Å². The molecule has 0 heterocycles. The highest BCUT2D eigenvalue weighted by atomic mass is 32.2. The molecule has 0 aromatic heterocycles. The smallest absolute Gasteiger partial charge is 0.330 e. The Morgan fingerprint density at radius 1 is 0.816 bits per heavy atom. The summed E-state index contributed by atoms with van der Waals surface area (Å²) < 4.78 is 61.1. The van der Waals surface area contributed by atoms with Crippen molar-refractivity contribution in [2.75, 3.05) is 12.3 Å². The van der Waals surface area contributed by atoms with Crippen LogP contribution in [0.15, 0.2) is 72.8 Å². The third-order valence-electron chi connectivity index (χ3n) is 8.23. The van der Waals surface area contributed by atoms with Gasteiger partial charge in [0.15, 0.2) is 9.84 Å². The molecule has 0 spiro atoms. The zero-order valence-corrected chi connectivity index (χ0v) is 29.4. The van der Waals surface area contributed by atoms with Gasteiger partial charge < -0.3 is 26.4 Å². The third kappa shape index (κ3) is 13.5. The summed E-state index contributed by atoms with van der Waals surface area (Å²) in [5.41, 5.74) is 9.73. The van der Waals surface area contributed by atoms with Crippen LogP contribution in [0, 0.1) is 11.6 Å². The molecule has 5 N–H and O–H groups in total. The lowest BCUT2D eigenvalue weighted by Crippen LogP contribution is -2.54. The first-order chi connectivity index (χ1) is 23.4. The summed E-state index contributed by atoms with van der Waals surface area (Å²) in [4.78, 5) is 26.8. The van der Waals surface area contributed by atoms with E-state index in [-0.39, 0.29) is 25.1 Å². The number of ether oxygens (including phenoxy) is 1. The molecule has 2 amide bonds. The highest BCUT2D eigenvalue weighted by Gasteiger charge is 2.35. The summed E-state index contributed by atoms with van der Waals surface area (Å²) in [5.74, 6) is -3.18. The van der Waals surface area contributed by atoms with Crippen LogP contribution in [0.4, 0.5) is 13.6 Å². The molecule has 49 heavy (non-hydrogen) atoms. The van der Waals surface area contributed by atoms with Crippen molar-refractivity contribution in [1.29, 1.82) is 0 Å². The Morgan fingerprint density at radius 2 is 1.45 bits per heavy atom. The lowest BCUT2D eigenvalue weighted by atomic mass is 10.0. The van der Waals surface area contributed by atoms with Crippen LogP contribution in [0.2, 0.25) is 0 Å². The predicted octanol–water partition coefficient (Wildman–Crippen LogP) is 5.35. The standard InChI is InChI=1S/C37H50F2N4O5S/c1-4-11-32(12-5-2)49(46,47)25-34(43-37(45)42-23-27-13-8-7-9-14-27)36(44)48-35(24-41-22-28-16-10-15-26(6-3)17-28)33(40)20-29-18-30(38)21-31(39)19-29/h7-10,13-19,21,32-35,41H,4-6,11-12,20,22-25,40H2,1-3H3,(H2,42,43,45)/t33-,34?,35+/m0/s1. The number of urea groups is 1. The number of rotatable bonds is 20. The maximum atomic E-state index is 14.0. The summed E-state index contributed by atoms with van der Waals surface area (Å²) >= 11 is 0. The number of halogens is 2. The first kappa shape index (κ1) is 39.6. The second-order valence-corrected chi connectivity index (χ2v) is 14.6. The van der Waals surface area contributed by atoms with E-state index in [2.05, 4.69) is 22.9 Å². The Balaban J connectivity index is 1.85. The van der Waals surface area contributed by atoms with Gasteiger partial charge in [-0.05, 0) is 60.1 Å². The molecule has 3 aromatic rings. The Morgan fingerprint density at radius 3 is 2.08 bits per heavy atom. The Hall–Kier alpha value is -3.87.